The highest BCUT2D eigenvalue weighted by Crippen LogP contribution is 2.31. The zero-order chi connectivity index (χ0) is 11.4. The molecule has 16 heavy (non-hydrogen) atoms. The number of hydrogen-bond donors (Lipinski definition) is 1. The maximum absolute atomic E-state index is 5.18. The van der Waals surface area contributed by atoms with Gasteiger partial charge in [-0.3, -0.25) is 0 Å². The van der Waals surface area contributed by atoms with E-state index < -0.39 is 0 Å². The van der Waals surface area contributed by atoms with Crippen molar-refractivity contribution in [2.24, 2.45) is 0 Å². The van der Waals surface area contributed by atoms with Gasteiger partial charge in [0.25, 0.3) is 0 Å². The molecule has 4 nitrogen and oxygen atoms in total. The second-order valence-corrected chi connectivity index (χ2v) is 5.07. The third-order valence-corrected chi connectivity index (χ3v) is 3.71. The van der Waals surface area contributed by atoms with Crippen LogP contribution in [0.2, 0.25) is 0 Å². The lowest BCUT2D eigenvalue weighted by atomic mass is 10.2. The third kappa shape index (κ3) is 2.47. The molecule has 0 bridgehead atoms. The van der Waals surface area contributed by atoms with Crippen LogP contribution >= 0.6 is 11.8 Å². The number of nitrogens with zero attached hydrogens (tertiary/aromatic N) is 2. The van der Waals surface area contributed by atoms with Crippen molar-refractivity contribution in [1.29, 1.82) is 0 Å². The van der Waals surface area contributed by atoms with E-state index in [1.165, 1.54) is 5.56 Å². The highest BCUT2D eigenvalue weighted by atomic mass is 32.2. The molecular weight excluding hydrogens is 222 g/mol. The van der Waals surface area contributed by atoms with Crippen LogP contribution in [0.5, 0.6) is 0 Å². The molecule has 1 N–H and O–H groups in total. The summed E-state index contributed by atoms with van der Waals surface area (Å²) in [5.74, 6) is 0.958. The second kappa shape index (κ2) is 5.50. The summed E-state index contributed by atoms with van der Waals surface area (Å²) < 4.78 is 5.18. The van der Waals surface area contributed by atoms with Crippen LogP contribution in [-0.4, -0.2) is 35.5 Å². The Labute approximate surface area is 100 Å². The van der Waals surface area contributed by atoms with E-state index in [4.69, 9.17) is 4.74 Å². The second-order valence-electron chi connectivity index (χ2n) is 3.78. The van der Waals surface area contributed by atoms with Crippen molar-refractivity contribution in [3.8, 4) is 0 Å². The fraction of sp³-hybridized carbons (Fsp3) is 0.636. The van der Waals surface area contributed by atoms with E-state index in [1.54, 1.807) is 6.33 Å². The number of nitrogens with one attached hydrogen (secondary N) is 1. The van der Waals surface area contributed by atoms with E-state index in [0.717, 1.165) is 36.9 Å². The number of thioether (sulfide) groups is 1. The number of aromatic nitrogens is 2. The lowest BCUT2D eigenvalue weighted by molar-refractivity contribution is 0.0454. The normalized spacial score (nSPS) is 15.9. The van der Waals surface area contributed by atoms with Gasteiger partial charge in [-0.2, -0.15) is 0 Å². The predicted octanol–water partition coefficient (Wildman–Crippen LogP) is 1.96. The summed E-state index contributed by atoms with van der Waals surface area (Å²) in [6.07, 6.45) is 3.76. The smallest absolute Gasteiger partial charge is 0.133 e. The Morgan fingerprint density at radius 1 is 1.50 bits per heavy atom. The molecule has 0 amide bonds. The van der Waals surface area contributed by atoms with Gasteiger partial charge >= 0.3 is 0 Å². The van der Waals surface area contributed by atoms with Crippen molar-refractivity contribution < 1.29 is 4.74 Å². The first kappa shape index (κ1) is 11.7. The molecule has 0 aromatic carbocycles. The Hall–Kier alpha value is -0.810. The highest BCUT2D eigenvalue weighted by Gasteiger charge is 2.22. The molecule has 2 heterocycles. The van der Waals surface area contributed by atoms with Crippen LogP contribution in [0.4, 0.5) is 5.82 Å². The Bertz CT molecular complexity index is 355. The molecule has 5 heteroatoms. The van der Waals surface area contributed by atoms with Gasteiger partial charge in [0.05, 0.1) is 18.5 Å². The average Bonchev–Trinajstić information content (AvgIpc) is 2.25. The minimum atomic E-state index is 0.565. The zero-order valence-corrected chi connectivity index (χ0v) is 10.5. The molecule has 0 atom stereocenters. The lowest BCUT2D eigenvalue weighted by Crippen LogP contribution is -2.30. The van der Waals surface area contributed by atoms with Crippen LogP contribution in [0.3, 0.4) is 0 Å². The fourth-order valence-electron chi connectivity index (χ4n) is 1.63. The Kier molecular flexibility index (Phi) is 4.01. The van der Waals surface area contributed by atoms with Crippen LogP contribution in [0.15, 0.2) is 11.4 Å². The van der Waals surface area contributed by atoms with Crippen LogP contribution in [-0.2, 0) is 11.2 Å². The minimum absolute atomic E-state index is 0.565. The first-order valence-corrected chi connectivity index (χ1v) is 6.49. The largest absolute Gasteiger partial charge is 0.379 e. The first-order chi connectivity index (χ1) is 7.85. The topological polar surface area (TPSA) is 47.0 Å². The molecule has 1 aliphatic heterocycles. The molecule has 0 radical (unpaired) electrons. The van der Waals surface area contributed by atoms with E-state index in [2.05, 4.69) is 22.2 Å². The standard InChI is InChI=1S/C11H17N3OS/c1-3-4-9-10(12-2)13-7-14-11(9)16-8-5-15-6-8/h7-8H,3-6H2,1-2H3,(H,12,13,14). The van der Waals surface area contributed by atoms with Crippen molar-refractivity contribution in [1.82, 2.24) is 9.97 Å². The quantitative estimate of drug-likeness (QED) is 0.796. The number of anilines is 1. The summed E-state index contributed by atoms with van der Waals surface area (Å²) >= 11 is 1.81. The molecule has 0 aliphatic carbocycles. The third-order valence-electron chi connectivity index (χ3n) is 2.53. The molecule has 0 saturated carbocycles. The maximum atomic E-state index is 5.18. The number of rotatable bonds is 5. The molecule has 1 aromatic heterocycles. The molecule has 88 valence electrons. The molecule has 1 aromatic rings. The average molecular weight is 239 g/mol. The lowest BCUT2D eigenvalue weighted by Gasteiger charge is -2.25. The van der Waals surface area contributed by atoms with E-state index >= 15 is 0 Å². The molecule has 1 fully saturated rings. The summed E-state index contributed by atoms with van der Waals surface area (Å²) in [6, 6.07) is 0. The van der Waals surface area contributed by atoms with Gasteiger partial charge in [-0.25, -0.2) is 9.97 Å². The maximum Gasteiger partial charge on any atom is 0.133 e. The Balaban J connectivity index is 2.19. The summed E-state index contributed by atoms with van der Waals surface area (Å²) in [5.41, 5.74) is 1.24. The van der Waals surface area contributed by atoms with Gasteiger partial charge in [0.2, 0.25) is 0 Å². The van der Waals surface area contributed by atoms with E-state index in [-0.39, 0.29) is 0 Å². The highest BCUT2D eigenvalue weighted by molar-refractivity contribution is 8.00. The SMILES string of the molecule is CCCc1c(NC)ncnc1SC1COC1. The summed E-state index contributed by atoms with van der Waals surface area (Å²) in [6.45, 7) is 3.86. The molecule has 2 rings (SSSR count). The Morgan fingerprint density at radius 3 is 2.88 bits per heavy atom. The number of ether oxygens (including phenoxy) is 1. The van der Waals surface area contributed by atoms with Gasteiger partial charge < -0.3 is 10.1 Å². The molecule has 1 aliphatic rings. The first-order valence-electron chi connectivity index (χ1n) is 5.61. The summed E-state index contributed by atoms with van der Waals surface area (Å²) in [5, 5.41) is 4.81. The zero-order valence-electron chi connectivity index (χ0n) is 9.69. The predicted molar refractivity (Wildman–Crippen MR) is 66.0 cm³/mol. The van der Waals surface area contributed by atoms with E-state index in [0.29, 0.717) is 5.25 Å². The van der Waals surface area contributed by atoms with Crippen LogP contribution in [0.25, 0.3) is 0 Å². The van der Waals surface area contributed by atoms with Gasteiger partial charge in [-0.15, -0.1) is 0 Å². The van der Waals surface area contributed by atoms with Crippen molar-refractivity contribution in [3.05, 3.63) is 11.9 Å². The fourth-order valence-corrected chi connectivity index (χ4v) is 2.72. The van der Waals surface area contributed by atoms with E-state index in [1.807, 2.05) is 18.8 Å². The Morgan fingerprint density at radius 2 is 2.31 bits per heavy atom. The van der Waals surface area contributed by atoms with Gasteiger partial charge in [-0.1, -0.05) is 25.1 Å². The van der Waals surface area contributed by atoms with Gasteiger partial charge in [0.15, 0.2) is 0 Å². The summed E-state index contributed by atoms with van der Waals surface area (Å²) in [4.78, 5) is 8.64. The molecule has 0 spiro atoms. The van der Waals surface area contributed by atoms with Gasteiger partial charge in [-0.05, 0) is 6.42 Å². The monoisotopic (exact) mass is 239 g/mol. The molecule has 0 unspecified atom stereocenters. The van der Waals surface area contributed by atoms with Crippen LogP contribution in [0.1, 0.15) is 18.9 Å². The van der Waals surface area contributed by atoms with Crippen LogP contribution in [0, 0.1) is 0 Å². The van der Waals surface area contributed by atoms with Crippen molar-refractivity contribution in [3.63, 3.8) is 0 Å². The minimum Gasteiger partial charge on any atom is -0.379 e. The van der Waals surface area contributed by atoms with Gasteiger partial charge in [0.1, 0.15) is 17.2 Å². The van der Waals surface area contributed by atoms with E-state index in [9.17, 15) is 0 Å². The summed E-state index contributed by atoms with van der Waals surface area (Å²) in [7, 11) is 1.91. The van der Waals surface area contributed by atoms with Gasteiger partial charge in [0, 0.05) is 12.6 Å². The molecule has 1 saturated heterocycles. The number of hydrogen-bond acceptors (Lipinski definition) is 5. The molecular formula is C11H17N3OS. The van der Waals surface area contributed by atoms with Crippen molar-refractivity contribution in [2.75, 3.05) is 25.6 Å². The van der Waals surface area contributed by atoms with Crippen LogP contribution < -0.4 is 5.32 Å². The van der Waals surface area contributed by atoms with Crippen molar-refractivity contribution >= 4 is 17.6 Å². The van der Waals surface area contributed by atoms with Crippen molar-refractivity contribution in [2.45, 2.75) is 30.0 Å².